The van der Waals surface area contributed by atoms with Crippen molar-refractivity contribution in [1.29, 1.82) is 0 Å². The quantitative estimate of drug-likeness (QED) is 0.882. The van der Waals surface area contributed by atoms with Crippen LogP contribution in [-0.2, 0) is 11.2 Å². The molecule has 0 bridgehead atoms. The van der Waals surface area contributed by atoms with Crippen LogP contribution in [0.25, 0.3) is 0 Å². The molecule has 2 heterocycles. The lowest BCUT2D eigenvalue weighted by Gasteiger charge is -2.24. The van der Waals surface area contributed by atoms with E-state index >= 15 is 0 Å². The summed E-state index contributed by atoms with van der Waals surface area (Å²) in [5.74, 6) is 0.594. The second-order valence-corrected chi connectivity index (χ2v) is 8.05. The van der Waals surface area contributed by atoms with E-state index in [4.69, 9.17) is 0 Å². The van der Waals surface area contributed by atoms with Gasteiger partial charge in [-0.3, -0.25) is 9.59 Å². The van der Waals surface area contributed by atoms with E-state index in [1.807, 2.05) is 49.4 Å². The molecule has 2 aliphatic heterocycles. The average molecular weight is 366 g/mol. The number of nitrogens with one attached hydrogen (secondary N) is 1. The van der Waals surface area contributed by atoms with Crippen LogP contribution in [0.4, 0.5) is 0 Å². The van der Waals surface area contributed by atoms with Gasteiger partial charge in [0.1, 0.15) is 11.4 Å². The summed E-state index contributed by atoms with van der Waals surface area (Å²) in [4.78, 5) is 27.3. The normalized spacial score (nSPS) is 22.0. The van der Waals surface area contributed by atoms with Gasteiger partial charge in [0.05, 0.1) is 0 Å². The summed E-state index contributed by atoms with van der Waals surface area (Å²) >= 11 is 1.68. The van der Waals surface area contributed by atoms with E-state index in [1.165, 1.54) is 5.56 Å². The van der Waals surface area contributed by atoms with Crippen molar-refractivity contribution in [2.24, 2.45) is 0 Å². The smallest absolute Gasteiger partial charge is 0.256 e. The number of nitrogens with zero attached hydrogens (tertiary/aromatic N) is 1. The molecule has 0 radical (unpaired) electrons. The third-order valence-electron chi connectivity index (χ3n) is 5.09. The largest absolute Gasteiger partial charge is 0.352 e. The summed E-state index contributed by atoms with van der Waals surface area (Å²) < 4.78 is 0. The van der Waals surface area contributed by atoms with Gasteiger partial charge >= 0.3 is 0 Å². The Hall–Kier alpha value is -2.27. The first kappa shape index (κ1) is 17.2. The predicted octanol–water partition coefficient (Wildman–Crippen LogP) is 3.39. The van der Waals surface area contributed by atoms with Gasteiger partial charge in [0, 0.05) is 17.4 Å². The second kappa shape index (κ2) is 7.16. The molecule has 0 aromatic heterocycles. The molecule has 5 heteroatoms. The van der Waals surface area contributed by atoms with E-state index in [-0.39, 0.29) is 29.3 Å². The molecule has 0 unspecified atom stereocenters. The molecule has 1 saturated heterocycles. The van der Waals surface area contributed by atoms with Gasteiger partial charge in [-0.1, -0.05) is 48.5 Å². The van der Waals surface area contributed by atoms with E-state index in [0.717, 1.165) is 24.0 Å². The fraction of sp³-hybridized carbons (Fsp3) is 0.333. The van der Waals surface area contributed by atoms with Gasteiger partial charge in [0.2, 0.25) is 5.91 Å². The molecule has 2 aromatic carbocycles. The SMILES string of the molecule is C[C@H](CCc1ccccc1)NC(=O)[C@@H]1CS[C@@H]2c3ccccc3C(=O)N21. The number of amides is 2. The lowest BCUT2D eigenvalue weighted by atomic mass is 10.1. The van der Waals surface area contributed by atoms with Gasteiger partial charge in [-0.25, -0.2) is 0 Å². The molecular weight excluding hydrogens is 344 g/mol. The Kier molecular flexibility index (Phi) is 4.72. The number of aryl methyl sites for hydroxylation is 1. The van der Waals surface area contributed by atoms with Gasteiger partial charge in [-0.15, -0.1) is 11.8 Å². The minimum absolute atomic E-state index is 0.0194. The Bertz CT molecular complexity index is 824. The summed E-state index contributed by atoms with van der Waals surface area (Å²) in [7, 11) is 0. The molecule has 2 aliphatic rings. The number of hydrogen-bond donors (Lipinski definition) is 1. The van der Waals surface area contributed by atoms with Gasteiger partial charge in [-0.05, 0) is 37.0 Å². The Morgan fingerprint density at radius 2 is 1.92 bits per heavy atom. The van der Waals surface area contributed by atoms with Crippen molar-refractivity contribution in [2.45, 2.75) is 37.2 Å². The molecular formula is C21H22N2O2S. The summed E-state index contributed by atoms with van der Waals surface area (Å²) in [6, 6.07) is 17.7. The van der Waals surface area contributed by atoms with Crippen LogP contribution in [0.5, 0.6) is 0 Å². The average Bonchev–Trinajstić information content (AvgIpc) is 3.22. The zero-order chi connectivity index (χ0) is 18.1. The van der Waals surface area contributed by atoms with Crippen LogP contribution in [0.3, 0.4) is 0 Å². The molecule has 26 heavy (non-hydrogen) atoms. The van der Waals surface area contributed by atoms with Crippen molar-refractivity contribution >= 4 is 23.6 Å². The molecule has 4 rings (SSSR count). The van der Waals surface area contributed by atoms with Crippen LogP contribution < -0.4 is 5.32 Å². The molecule has 4 nitrogen and oxygen atoms in total. The molecule has 2 aromatic rings. The number of rotatable bonds is 5. The highest BCUT2D eigenvalue weighted by molar-refractivity contribution is 7.99. The molecule has 1 N–H and O–H groups in total. The highest BCUT2D eigenvalue weighted by atomic mass is 32.2. The summed E-state index contributed by atoms with van der Waals surface area (Å²) in [6.45, 7) is 2.03. The van der Waals surface area contributed by atoms with Gasteiger partial charge < -0.3 is 10.2 Å². The minimum atomic E-state index is -0.385. The monoisotopic (exact) mass is 366 g/mol. The van der Waals surface area contributed by atoms with Crippen LogP contribution in [0.2, 0.25) is 0 Å². The maximum atomic E-state index is 12.8. The summed E-state index contributed by atoms with van der Waals surface area (Å²) in [5.41, 5.74) is 3.05. The highest BCUT2D eigenvalue weighted by Gasteiger charge is 2.48. The first-order valence-corrected chi connectivity index (χ1v) is 10.1. The fourth-order valence-corrected chi connectivity index (χ4v) is 5.15. The molecule has 2 amide bonds. The molecule has 134 valence electrons. The van der Waals surface area contributed by atoms with Crippen LogP contribution in [0.1, 0.15) is 40.2 Å². The Labute approximate surface area is 158 Å². The number of carbonyl (C=O) groups is 2. The van der Waals surface area contributed by atoms with Crippen molar-refractivity contribution in [3.63, 3.8) is 0 Å². The topological polar surface area (TPSA) is 49.4 Å². The van der Waals surface area contributed by atoms with E-state index in [9.17, 15) is 9.59 Å². The Morgan fingerprint density at radius 1 is 1.19 bits per heavy atom. The number of benzene rings is 2. The maximum Gasteiger partial charge on any atom is 0.256 e. The lowest BCUT2D eigenvalue weighted by molar-refractivity contribution is -0.125. The molecule has 0 spiro atoms. The highest BCUT2D eigenvalue weighted by Crippen LogP contribution is 2.48. The van der Waals surface area contributed by atoms with Gasteiger partial charge in [0.15, 0.2) is 0 Å². The van der Waals surface area contributed by atoms with Crippen molar-refractivity contribution in [2.75, 3.05) is 5.75 Å². The van der Waals surface area contributed by atoms with Gasteiger partial charge in [-0.2, -0.15) is 0 Å². The van der Waals surface area contributed by atoms with Crippen molar-refractivity contribution in [3.8, 4) is 0 Å². The van der Waals surface area contributed by atoms with Gasteiger partial charge in [0.25, 0.3) is 5.91 Å². The molecule has 0 saturated carbocycles. The van der Waals surface area contributed by atoms with E-state index in [0.29, 0.717) is 5.75 Å². The summed E-state index contributed by atoms with van der Waals surface area (Å²) in [5, 5.41) is 3.09. The van der Waals surface area contributed by atoms with Crippen LogP contribution in [-0.4, -0.2) is 34.6 Å². The Morgan fingerprint density at radius 3 is 2.73 bits per heavy atom. The Balaban J connectivity index is 1.38. The molecule has 1 fully saturated rings. The minimum Gasteiger partial charge on any atom is -0.352 e. The predicted molar refractivity (Wildman–Crippen MR) is 104 cm³/mol. The van der Waals surface area contributed by atoms with Crippen LogP contribution in [0.15, 0.2) is 54.6 Å². The van der Waals surface area contributed by atoms with Crippen LogP contribution >= 0.6 is 11.8 Å². The number of hydrogen-bond acceptors (Lipinski definition) is 3. The number of thioether (sulfide) groups is 1. The maximum absolute atomic E-state index is 12.8. The van der Waals surface area contributed by atoms with E-state index in [2.05, 4.69) is 17.4 Å². The lowest BCUT2D eigenvalue weighted by Crippen LogP contribution is -2.48. The third kappa shape index (κ3) is 3.12. The molecule has 0 aliphatic carbocycles. The van der Waals surface area contributed by atoms with Crippen molar-refractivity contribution < 1.29 is 9.59 Å². The van der Waals surface area contributed by atoms with E-state index < -0.39 is 0 Å². The van der Waals surface area contributed by atoms with Crippen LogP contribution in [0, 0.1) is 0 Å². The van der Waals surface area contributed by atoms with E-state index in [1.54, 1.807) is 16.7 Å². The zero-order valence-corrected chi connectivity index (χ0v) is 15.5. The second-order valence-electron chi connectivity index (χ2n) is 6.94. The van der Waals surface area contributed by atoms with Crippen molar-refractivity contribution in [1.82, 2.24) is 10.2 Å². The first-order valence-electron chi connectivity index (χ1n) is 9.02. The third-order valence-corrected chi connectivity index (χ3v) is 6.40. The number of fused-ring (bicyclic) bond motifs is 3. The van der Waals surface area contributed by atoms with Crippen molar-refractivity contribution in [3.05, 3.63) is 71.3 Å². The number of carbonyl (C=O) groups excluding carboxylic acids is 2. The fourth-order valence-electron chi connectivity index (χ4n) is 3.68. The summed E-state index contributed by atoms with van der Waals surface area (Å²) in [6.07, 6.45) is 1.81. The molecule has 3 atom stereocenters. The standard InChI is InChI=1S/C21H22N2O2S/c1-14(11-12-15-7-3-2-4-8-15)22-19(24)18-13-26-21-17-10-6-5-9-16(17)20(25)23(18)21/h2-10,14,18,21H,11-13H2,1H3,(H,22,24)/t14-,18+,21-/m1/s1. The first-order chi connectivity index (χ1) is 12.6. The zero-order valence-electron chi connectivity index (χ0n) is 14.7.